The van der Waals surface area contributed by atoms with Crippen molar-refractivity contribution >= 4 is 0 Å². The van der Waals surface area contributed by atoms with Gasteiger partial charge in [0.05, 0.1) is 0 Å². The van der Waals surface area contributed by atoms with Gasteiger partial charge in [-0.3, -0.25) is 0 Å². The highest BCUT2D eigenvalue weighted by Crippen LogP contribution is 2.63. The zero-order valence-electron chi connectivity index (χ0n) is 20.8. The van der Waals surface area contributed by atoms with Crippen LogP contribution in [0, 0.1) is 6.92 Å². The highest BCUT2D eigenvalue weighted by atomic mass is 19.4. The van der Waals surface area contributed by atoms with Crippen LogP contribution in [-0.2, 0) is 24.2 Å². The van der Waals surface area contributed by atoms with Crippen LogP contribution in [0.25, 0.3) is 0 Å². The maximum atomic E-state index is 14.7. The van der Waals surface area contributed by atoms with E-state index in [-0.39, 0.29) is 0 Å². The minimum Gasteiger partial charge on any atom is -0.194 e. The van der Waals surface area contributed by atoms with Gasteiger partial charge in [-0.15, -0.1) is 0 Å². The Morgan fingerprint density at radius 1 is 0.340 bits per heavy atom. The Kier molecular flexibility index (Phi) is 9.84. The summed E-state index contributed by atoms with van der Waals surface area (Å²) in [5.74, 6) is -73.4. The van der Waals surface area contributed by atoms with E-state index in [0.29, 0.717) is 0 Å². The minimum absolute atomic E-state index is 2.12. The van der Waals surface area contributed by atoms with Gasteiger partial charge in [0.15, 0.2) is 0 Å². The lowest BCUT2D eigenvalue weighted by atomic mass is 9.81. The highest BCUT2D eigenvalue weighted by Gasteiger charge is 2.85. The summed E-state index contributed by atoms with van der Waals surface area (Å²) < 4.78 is 364. The van der Waals surface area contributed by atoms with E-state index in [1.54, 1.807) is 0 Å². The van der Waals surface area contributed by atoms with Crippen LogP contribution in [0.5, 0.6) is 0 Å². The lowest BCUT2D eigenvalue weighted by Gasteiger charge is -2.39. The number of halogens is 27. The zero-order valence-corrected chi connectivity index (χ0v) is 20.8. The first-order valence-electron chi connectivity index (χ1n) is 10.6. The molecule has 0 nitrogen and oxygen atoms in total. The van der Waals surface area contributed by atoms with Gasteiger partial charge in [0, 0.05) is 16.7 Å². The predicted molar refractivity (Wildman–Crippen MR) is 95.0 cm³/mol. The zero-order chi connectivity index (χ0) is 38.4. The van der Waals surface area contributed by atoms with Gasteiger partial charge in [-0.05, 0) is 31.0 Å². The smallest absolute Gasteiger partial charge is 0.194 e. The van der Waals surface area contributed by atoms with Crippen LogP contribution in [0.4, 0.5) is 119 Å². The molecule has 0 unspecified atom stereocenters. The van der Waals surface area contributed by atoms with Crippen LogP contribution < -0.4 is 0 Å². The summed E-state index contributed by atoms with van der Waals surface area (Å²) in [6.07, 6.45) is -26.4. The Morgan fingerprint density at radius 2 is 0.553 bits per heavy atom. The van der Waals surface area contributed by atoms with Gasteiger partial charge >= 0.3 is 71.8 Å². The van der Waals surface area contributed by atoms with Crippen LogP contribution in [0.15, 0.2) is 12.1 Å². The molecule has 0 fully saturated rings. The molecular weight excluding hydrogens is 753 g/mol. The lowest BCUT2D eigenvalue weighted by molar-refractivity contribution is -0.401. The summed E-state index contributed by atoms with van der Waals surface area (Å²) in [6, 6.07) is -4.39. The molecule has 1 rings (SSSR count). The molecular formula is C20H6F27. The van der Waals surface area contributed by atoms with Crippen molar-refractivity contribution in [1.82, 2.24) is 0 Å². The molecule has 0 aromatic heterocycles. The van der Waals surface area contributed by atoms with Crippen molar-refractivity contribution in [2.75, 3.05) is 0 Å². The molecule has 27 heteroatoms. The van der Waals surface area contributed by atoms with Gasteiger partial charge in [-0.2, -0.15) is 119 Å². The first-order valence-corrected chi connectivity index (χ1v) is 10.6. The van der Waals surface area contributed by atoms with Crippen molar-refractivity contribution in [1.29, 1.82) is 0 Å². The average Bonchev–Trinajstić information content (AvgIpc) is 2.84. The van der Waals surface area contributed by atoms with E-state index in [0.717, 1.165) is 0 Å². The molecule has 0 saturated carbocycles. The Hall–Kier alpha value is -2.67. The summed E-state index contributed by atoms with van der Waals surface area (Å²) in [7, 11) is 0. The molecule has 0 spiro atoms. The van der Waals surface area contributed by atoms with Crippen molar-refractivity contribution in [3.63, 3.8) is 0 Å². The summed E-state index contributed by atoms with van der Waals surface area (Å²) in [4.78, 5) is 0. The van der Waals surface area contributed by atoms with Crippen molar-refractivity contribution in [3.8, 4) is 0 Å². The molecule has 47 heavy (non-hydrogen) atoms. The Labute approximate surface area is 239 Å². The molecule has 0 saturated heterocycles. The number of rotatable bonds is 10. The topological polar surface area (TPSA) is 0 Å². The largest absolute Gasteiger partial charge is 0.460 e. The summed E-state index contributed by atoms with van der Waals surface area (Å²) >= 11 is 0. The van der Waals surface area contributed by atoms with Crippen LogP contribution >= 0.6 is 0 Å². The fourth-order valence-corrected chi connectivity index (χ4v) is 3.33. The third kappa shape index (κ3) is 5.66. The third-order valence-electron chi connectivity index (χ3n) is 5.97. The Morgan fingerprint density at radius 3 is 0.745 bits per heavy atom. The first kappa shape index (κ1) is 42.4. The molecule has 0 bridgehead atoms. The summed E-state index contributed by atoms with van der Waals surface area (Å²) in [5.41, 5.74) is -16.2. The van der Waals surface area contributed by atoms with Crippen LogP contribution in [-0.4, -0.2) is 54.1 Å². The van der Waals surface area contributed by atoms with Gasteiger partial charge in [-0.1, -0.05) is 0 Å². The van der Waals surface area contributed by atoms with Gasteiger partial charge in [0.2, 0.25) is 0 Å². The normalized spacial score (nSPS) is 16.2. The fourth-order valence-electron chi connectivity index (χ4n) is 3.33. The molecule has 0 amide bonds. The summed E-state index contributed by atoms with van der Waals surface area (Å²) in [5, 5.41) is 0. The number of hydrogen-bond donors (Lipinski definition) is 0. The van der Waals surface area contributed by atoms with Gasteiger partial charge in [-0.25, -0.2) is 0 Å². The van der Waals surface area contributed by atoms with Crippen molar-refractivity contribution in [3.05, 3.63) is 41.3 Å². The Bertz CT molecular complexity index is 1230. The van der Waals surface area contributed by atoms with Crippen molar-refractivity contribution < 1.29 is 119 Å². The lowest BCUT2D eigenvalue weighted by Crippen LogP contribution is -2.61. The molecule has 0 atom stereocenters. The molecule has 0 aliphatic heterocycles. The number of hydrogen-bond acceptors (Lipinski definition) is 0. The van der Waals surface area contributed by atoms with Gasteiger partial charge in [0.25, 0.3) is 0 Å². The highest BCUT2D eigenvalue weighted by molar-refractivity contribution is 5.48. The molecule has 1 radical (unpaired) electrons. The number of benzene rings is 1. The number of alkyl halides is 27. The van der Waals surface area contributed by atoms with E-state index < -0.39 is 113 Å². The Balaban J connectivity index is 4.67. The molecule has 0 aliphatic rings. The predicted octanol–water partition coefficient (Wildman–Crippen LogP) is 10.8. The second-order valence-electron chi connectivity index (χ2n) is 8.96. The summed E-state index contributed by atoms with van der Waals surface area (Å²) in [6.45, 7) is 2.12. The third-order valence-corrected chi connectivity index (χ3v) is 5.97. The van der Waals surface area contributed by atoms with E-state index >= 15 is 0 Å². The van der Waals surface area contributed by atoms with Crippen LogP contribution in [0.2, 0.25) is 0 Å². The van der Waals surface area contributed by atoms with Crippen LogP contribution in [0.3, 0.4) is 0 Å². The second kappa shape index (κ2) is 10.9. The molecule has 1 aromatic rings. The molecule has 0 aliphatic carbocycles. The van der Waals surface area contributed by atoms with E-state index in [2.05, 4.69) is 6.92 Å². The second-order valence-corrected chi connectivity index (χ2v) is 8.96. The van der Waals surface area contributed by atoms with E-state index in [1.165, 1.54) is 0 Å². The molecule has 0 N–H and O–H groups in total. The van der Waals surface area contributed by atoms with Crippen LogP contribution in [0.1, 0.15) is 22.3 Å². The fraction of sp³-hybridized carbons (Fsp3) is 0.650. The maximum Gasteiger partial charge on any atom is 0.460 e. The molecule has 0 heterocycles. The van der Waals surface area contributed by atoms with Gasteiger partial charge < -0.3 is 0 Å². The van der Waals surface area contributed by atoms with E-state index in [9.17, 15) is 119 Å². The monoisotopic (exact) mass is 759 g/mol. The van der Waals surface area contributed by atoms with Gasteiger partial charge in [0.1, 0.15) is 0 Å². The SMILES string of the molecule is [CH2]Cc1c(C(F)(F)C(F)(F)C(F)(F)C(F)(F)F)cc(C(F)(F)C(F)(F)C(F)(F)C(F)(F)F)cc1C(F)(F)C(F)(F)C(F)(F)C(F)(F)F. The first-order chi connectivity index (χ1) is 20.0. The average molecular weight is 759 g/mol. The van der Waals surface area contributed by atoms with Crippen molar-refractivity contribution in [2.24, 2.45) is 0 Å². The quantitative estimate of drug-likeness (QED) is 0.209. The standard InChI is InChI=1S/C20H6F27/c1-2-6-7(10(23,24)13(29,30)16(35,36)19(42,43)44)3-5(9(21,22)12(27,28)15(33,34)18(39,40)41)4-8(6)11(25,26)14(31,32)17(37,38)20(45,46)47/h3-4H,1-2H2. The van der Waals surface area contributed by atoms with E-state index in [1.807, 2.05) is 0 Å². The van der Waals surface area contributed by atoms with Crippen molar-refractivity contribution in [2.45, 2.75) is 78.3 Å². The minimum atomic E-state index is -8.33. The van der Waals surface area contributed by atoms with E-state index in [4.69, 9.17) is 0 Å². The molecule has 275 valence electrons. The maximum absolute atomic E-state index is 14.7. The molecule has 1 aromatic carbocycles.